The first-order valence-electron chi connectivity index (χ1n) is 9.17. The molecule has 3 rings (SSSR count). The number of benzene rings is 1. The lowest BCUT2D eigenvalue weighted by Crippen LogP contribution is -2.45. The first-order chi connectivity index (χ1) is 13.0. The molecule has 1 aromatic rings. The third kappa shape index (κ3) is 3.28. The van der Waals surface area contributed by atoms with Gasteiger partial charge in [-0.2, -0.15) is 0 Å². The van der Waals surface area contributed by atoms with Gasteiger partial charge in [0, 0.05) is 22.2 Å². The van der Waals surface area contributed by atoms with E-state index < -0.39 is 11.5 Å². The van der Waals surface area contributed by atoms with Crippen molar-refractivity contribution < 1.29 is 19.2 Å². The monoisotopic (exact) mass is 377 g/mol. The number of allylic oxidation sites excluding steroid dienone is 4. The quantitative estimate of drug-likeness (QED) is 0.594. The summed E-state index contributed by atoms with van der Waals surface area (Å²) in [6.45, 7) is 8.32. The van der Waals surface area contributed by atoms with Gasteiger partial charge < -0.3 is 0 Å². The molecule has 1 heterocycles. The Kier molecular flexibility index (Phi) is 4.79. The highest BCUT2D eigenvalue weighted by molar-refractivity contribution is 6.17. The fourth-order valence-electron chi connectivity index (χ4n) is 3.59. The van der Waals surface area contributed by atoms with Crippen molar-refractivity contribution in [3.05, 3.63) is 64.8 Å². The first-order valence-corrected chi connectivity index (χ1v) is 9.17. The minimum atomic E-state index is -0.607. The van der Waals surface area contributed by atoms with E-state index >= 15 is 0 Å². The lowest BCUT2D eigenvalue weighted by Gasteiger charge is -2.29. The minimum Gasteiger partial charge on any atom is -0.294 e. The topological polar surface area (TPSA) is 71.5 Å². The van der Waals surface area contributed by atoms with Gasteiger partial charge in [-0.1, -0.05) is 30.4 Å². The van der Waals surface area contributed by atoms with Crippen LogP contribution in [0.3, 0.4) is 0 Å². The molecule has 0 N–H and O–H groups in total. The predicted octanol–water partition coefficient (Wildman–Crippen LogP) is 3.75. The summed E-state index contributed by atoms with van der Waals surface area (Å²) in [6, 6.07) is 5.05. The maximum Gasteiger partial charge on any atom is 0.258 e. The Morgan fingerprint density at radius 2 is 1.64 bits per heavy atom. The Morgan fingerprint density at radius 3 is 2.21 bits per heavy atom. The maximum absolute atomic E-state index is 12.9. The molecule has 1 saturated heterocycles. The van der Waals surface area contributed by atoms with Crippen molar-refractivity contribution in [1.82, 2.24) is 4.90 Å². The lowest BCUT2D eigenvalue weighted by atomic mass is 9.93. The molecule has 5 heteroatoms. The number of rotatable bonds is 3. The summed E-state index contributed by atoms with van der Waals surface area (Å²) in [7, 11) is 0. The van der Waals surface area contributed by atoms with Crippen LogP contribution in [0.4, 0.5) is 0 Å². The molecule has 0 bridgehead atoms. The normalized spacial score (nSPS) is 19.2. The average Bonchev–Trinajstić information content (AvgIpc) is 2.76. The molecule has 28 heavy (non-hydrogen) atoms. The van der Waals surface area contributed by atoms with Crippen molar-refractivity contribution in [2.24, 2.45) is 5.92 Å². The van der Waals surface area contributed by atoms with Gasteiger partial charge in [0.1, 0.15) is 0 Å². The van der Waals surface area contributed by atoms with Crippen LogP contribution in [0.15, 0.2) is 48.1 Å². The summed E-state index contributed by atoms with van der Waals surface area (Å²) in [5, 5.41) is 0. The summed E-state index contributed by atoms with van der Waals surface area (Å²) in [6.07, 6.45) is 7.00. The third-order valence-corrected chi connectivity index (χ3v) is 4.94. The molecular formula is C23H23NO4. The van der Waals surface area contributed by atoms with E-state index in [4.69, 9.17) is 0 Å². The number of ketones is 2. The number of hydrogen-bond donors (Lipinski definition) is 0. The molecule has 0 spiro atoms. The molecule has 1 unspecified atom stereocenters. The number of carbonyl (C=O) groups excluding carboxylic acids is 4. The van der Waals surface area contributed by atoms with Crippen molar-refractivity contribution in [2.45, 2.75) is 40.2 Å². The fraction of sp³-hybridized carbons (Fsp3) is 0.304. The molecule has 2 amide bonds. The van der Waals surface area contributed by atoms with E-state index in [0.29, 0.717) is 27.8 Å². The van der Waals surface area contributed by atoms with Gasteiger partial charge in [-0.05, 0) is 57.9 Å². The lowest BCUT2D eigenvalue weighted by molar-refractivity contribution is -0.143. The number of likely N-dealkylation sites (tertiary alicyclic amines) is 1. The third-order valence-electron chi connectivity index (χ3n) is 4.94. The SMILES string of the molecule is CC(=O)c1ccc(C2=CC=CC3C(=O)N(C(C)(C)C)C(=O)C3=C2)cc1C(C)=O. The number of hydrogen-bond acceptors (Lipinski definition) is 4. The van der Waals surface area contributed by atoms with E-state index in [0.717, 1.165) is 0 Å². The van der Waals surface area contributed by atoms with Crippen LogP contribution in [0, 0.1) is 5.92 Å². The zero-order valence-electron chi connectivity index (χ0n) is 16.7. The zero-order valence-corrected chi connectivity index (χ0v) is 16.7. The standard InChI is InChI=1S/C23H23NO4/c1-13(25)17-10-9-16(11-19(17)14(2)26)15-7-6-8-18-20(12-15)22(28)24(21(18)27)23(3,4)5/h6-12,18H,1-5H3. The number of fused-ring (bicyclic) bond motifs is 1. The van der Waals surface area contributed by atoms with Crippen molar-refractivity contribution in [3.8, 4) is 0 Å². The van der Waals surface area contributed by atoms with E-state index in [1.54, 1.807) is 42.5 Å². The maximum atomic E-state index is 12.9. The molecule has 0 aromatic heterocycles. The van der Waals surface area contributed by atoms with Gasteiger partial charge in [0.05, 0.1) is 5.92 Å². The Hall–Kier alpha value is -3.08. The second kappa shape index (κ2) is 6.82. The second-order valence-electron chi connectivity index (χ2n) is 8.11. The second-order valence-corrected chi connectivity index (χ2v) is 8.11. The van der Waals surface area contributed by atoms with Crippen LogP contribution in [-0.4, -0.2) is 33.8 Å². The highest BCUT2D eigenvalue weighted by atomic mass is 16.2. The smallest absolute Gasteiger partial charge is 0.258 e. The highest BCUT2D eigenvalue weighted by Gasteiger charge is 2.46. The van der Waals surface area contributed by atoms with Gasteiger partial charge in [0.2, 0.25) is 5.91 Å². The van der Waals surface area contributed by atoms with Crippen LogP contribution in [0.5, 0.6) is 0 Å². The van der Waals surface area contributed by atoms with Crippen molar-refractivity contribution in [3.63, 3.8) is 0 Å². The van der Waals surface area contributed by atoms with Gasteiger partial charge in [-0.3, -0.25) is 24.1 Å². The Labute approximate surface area is 164 Å². The number of imide groups is 1. The molecule has 1 fully saturated rings. The van der Waals surface area contributed by atoms with Crippen molar-refractivity contribution in [2.75, 3.05) is 0 Å². The molecule has 0 saturated carbocycles. The van der Waals surface area contributed by atoms with Crippen LogP contribution in [0.2, 0.25) is 0 Å². The van der Waals surface area contributed by atoms with E-state index in [1.807, 2.05) is 20.8 Å². The van der Waals surface area contributed by atoms with Gasteiger partial charge in [0.15, 0.2) is 11.6 Å². The van der Waals surface area contributed by atoms with Crippen LogP contribution in [0.1, 0.15) is 60.9 Å². The summed E-state index contributed by atoms with van der Waals surface area (Å²) < 4.78 is 0. The Morgan fingerprint density at radius 1 is 1.00 bits per heavy atom. The molecule has 144 valence electrons. The summed E-state index contributed by atoms with van der Waals surface area (Å²) >= 11 is 0. The van der Waals surface area contributed by atoms with E-state index in [9.17, 15) is 19.2 Å². The van der Waals surface area contributed by atoms with Crippen molar-refractivity contribution in [1.29, 1.82) is 0 Å². The molecule has 1 aromatic carbocycles. The number of amides is 2. The Balaban J connectivity index is 2.09. The zero-order chi connectivity index (χ0) is 20.8. The summed E-state index contributed by atoms with van der Waals surface area (Å²) in [5.74, 6) is -1.52. The van der Waals surface area contributed by atoms with Crippen LogP contribution in [-0.2, 0) is 9.59 Å². The van der Waals surface area contributed by atoms with Crippen LogP contribution in [0.25, 0.3) is 5.57 Å². The largest absolute Gasteiger partial charge is 0.294 e. The number of carbonyl (C=O) groups is 4. The minimum absolute atomic E-state index is 0.178. The predicted molar refractivity (Wildman–Crippen MR) is 107 cm³/mol. The molecule has 1 atom stereocenters. The highest BCUT2D eigenvalue weighted by Crippen LogP contribution is 2.36. The molecule has 5 nitrogen and oxygen atoms in total. The summed E-state index contributed by atoms with van der Waals surface area (Å²) in [5.41, 5.74) is 1.95. The van der Waals surface area contributed by atoms with E-state index in [-0.39, 0.29) is 23.4 Å². The van der Waals surface area contributed by atoms with Gasteiger partial charge >= 0.3 is 0 Å². The van der Waals surface area contributed by atoms with Gasteiger partial charge in [-0.15, -0.1) is 0 Å². The van der Waals surface area contributed by atoms with E-state index in [2.05, 4.69) is 0 Å². The first kappa shape index (κ1) is 19.7. The molecule has 0 radical (unpaired) electrons. The molecule has 1 aliphatic carbocycles. The fourth-order valence-corrected chi connectivity index (χ4v) is 3.59. The average molecular weight is 377 g/mol. The van der Waals surface area contributed by atoms with E-state index in [1.165, 1.54) is 18.7 Å². The number of nitrogens with zero attached hydrogens (tertiary/aromatic N) is 1. The van der Waals surface area contributed by atoms with Gasteiger partial charge in [0.25, 0.3) is 5.91 Å². The van der Waals surface area contributed by atoms with Crippen LogP contribution < -0.4 is 0 Å². The molecule has 2 aliphatic rings. The Bertz CT molecular complexity index is 1000. The van der Waals surface area contributed by atoms with Gasteiger partial charge in [-0.25, -0.2) is 0 Å². The molecular weight excluding hydrogens is 354 g/mol. The number of Topliss-reactive ketones (excluding diaryl/α,β-unsaturated/α-hetero) is 2. The van der Waals surface area contributed by atoms with Crippen LogP contribution >= 0.6 is 0 Å². The van der Waals surface area contributed by atoms with Crippen molar-refractivity contribution >= 4 is 29.0 Å². The molecule has 1 aliphatic heterocycles. The summed E-state index contributed by atoms with van der Waals surface area (Å²) in [4.78, 5) is 50.8.